The Balaban J connectivity index is 2.11. The highest BCUT2D eigenvalue weighted by atomic mass is 35.5. The van der Waals surface area contributed by atoms with E-state index in [1.165, 1.54) is 12.1 Å². The summed E-state index contributed by atoms with van der Waals surface area (Å²) in [6.45, 7) is 5.36. The van der Waals surface area contributed by atoms with Crippen molar-refractivity contribution in [1.82, 2.24) is 0 Å². The van der Waals surface area contributed by atoms with Gasteiger partial charge in [-0.2, -0.15) is 0 Å². The highest BCUT2D eigenvalue weighted by Gasteiger charge is 2.17. The molecule has 0 aliphatic heterocycles. The summed E-state index contributed by atoms with van der Waals surface area (Å²) < 4.78 is 5.40. The van der Waals surface area contributed by atoms with Crippen molar-refractivity contribution in [3.8, 4) is 5.75 Å². The van der Waals surface area contributed by atoms with E-state index in [0.29, 0.717) is 12.0 Å². The molecule has 0 saturated heterocycles. The van der Waals surface area contributed by atoms with E-state index in [1.54, 1.807) is 25.1 Å². The number of hydrogen-bond donors (Lipinski definition) is 1. The first kappa shape index (κ1) is 17.8. The van der Waals surface area contributed by atoms with E-state index >= 15 is 0 Å². The maximum Gasteiger partial charge on any atom is 0.342 e. The van der Waals surface area contributed by atoms with Gasteiger partial charge in [0, 0.05) is 12.0 Å². The lowest BCUT2D eigenvalue weighted by Crippen LogP contribution is -2.10. The summed E-state index contributed by atoms with van der Waals surface area (Å²) in [4.78, 5) is 23.2. The van der Waals surface area contributed by atoms with Gasteiger partial charge in [-0.3, -0.25) is 4.79 Å². The van der Waals surface area contributed by atoms with Gasteiger partial charge in [0.2, 0.25) is 5.24 Å². The minimum absolute atomic E-state index is 0.113. The molecule has 0 spiro atoms. The lowest BCUT2D eigenvalue weighted by molar-refractivity contribution is -0.108. The Bertz CT molecular complexity index is 782. The predicted octanol–water partition coefficient (Wildman–Crippen LogP) is 4.17. The molecule has 2 aromatic rings. The number of rotatable bonds is 6. The zero-order valence-corrected chi connectivity index (χ0v) is 13.9. The van der Waals surface area contributed by atoms with Crippen LogP contribution in [0.15, 0.2) is 60.7 Å². The molecule has 5 heteroatoms. The van der Waals surface area contributed by atoms with Gasteiger partial charge >= 0.3 is 5.97 Å². The van der Waals surface area contributed by atoms with Crippen molar-refractivity contribution >= 4 is 22.8 Å². The predicted molar refractivity (Wildman–Crippen MR) is 92.1 cm³/mol. The number of allylic oxidation sites excluding steroid dienone is 1. The van der Waals surface area contributed by atoms with E-state index in [-0.39, 0.29) is 11.3 Å². The summed E-state index contributed by atoms with van der Waals surface area (Å²) in [5.41, 5.74) is 2.03. The van der Waals surface area contributed by atoms with Crippen molar-refractivity contribution in [3.63, 3.8) is 0 Å². The van der Waals surface area contributed by atoms with Gasteiger partial charge in [0.1, 0.15) is 17.4 Å². The standard InChI is InChI=1S/C19H17ClO4/c1-12(18(20)22)10-14-6-5-7-15(11-14)13(2)24-19(23)16-8-3-4-9-17(16)21/h3-9,11,13,21H,1,10H2,2H3. The molecule has 4 nitrogen and oxygen atoms in total. The van der Waals surface area contributed by atoms with Gasteiger partial charge in [-0.25, -0.2) is 4.79 Å². The molecule has 0 radical (unpaired) electrons. The Labute approximate surface area is 145 Å². The average molecular weight is 345 g/mol. The molecule has 0 aromatic heterocycles. The molecule has 1 atom stereocenters. The third-order valence-corrected chi connectivity index (χ3v) is 3.79. The van der Waals surface area contributed by atoms with Crippen LogP contribution in [0.5, 0.6) is 5.75 Å². The van der Waals surface area contributed by atoms with Gasteiger partial charge in [0.15, 0.2) is 0 Å². The average Bonchev–Trinajstić information content (AvgIpc) is 2.55. The molecular formula is C19H17ClO4. The summed E-state index contributed by atoms with van der Waals surface area (Å²) in [5.74, 6) is -0.730. The van der Waals surface area contributed by atoms with E-state index in [4.69, 9.17) is 16.3 Å². The number of carbonyl (C=O) groups excluding carboxylic acids is 2. The number of ether oxygens (including phenoxy) is 1. The number of hydrogen-bond acceptors (Lipinski definition) is 4. The Kier molecular flexibility index (Phi) is 5.77. The highest BCUT2D eigenvalue weighted by Crippen LogP contribution is 2.23. The number of phenols is 1. The van der Waals surface area contributed by atoms with Gasteiger partial charge in [-0.1, -0.05) is 43.0 Å². The van der Waals surface area contributed by atoms with Crippen molar-refractivity contribution < 1.29 is 19.4 Å². The number of carbonyl (C=O) groups is 2. The fourth-order valence-electron chi connectivity index (χ4n) is 2.21. The normalized spacial score (nSPS) is 11.6. The number of benzene rings is 2. The fraction of sp³-hybridized carbons (Fsp3) is 0.158. The lowest BCUT2D eigenvalue weighted by atomic mass is 10.0. The Hall–Kier alpha value is -2.59. The Morgan fingerprint density at radius 3 is 2.58 bits per heavy atom. The number of para-hydroxylation sites is 1. The zero-order chi connectivity index (χ0) is 17.7. The molecule has 0 aliphatic rings. The van der Waals surface area contributed by atoms with Crippen LogP contribution in [0.25, 0.3) is 0 Å². The molecule has 24 heavy (non-hydrogen) atoms. The van der Waals surface area contributed by atoms with Gasteiger partial charge in [0.05, 0.1) is 0 Å². The molecule has 1 N–H and O–H groups in total. The van der Waals surface area contributed by atoms with E-state index in [2.05, 4.69) is 6.58 Å². The van der Waals surface area contributed by atoms with Crippen LogP contribution in [-0.4, -0.2) is 16.3 Å². The maximum atomic E-state index is 12.1. The SMILES string of the molecule is C=C(Cc1cccc(C(C)OC(=O)c2ccccc2O)c1)C(=O)Cl. The lowest BCUT2D eigenvalue weighted by Gasteiger charge is -2.15. The van der Waals surface area contributed by atoms with E-state index < -0.39 is 17.3 Å². The van der Waals surface area contributed by atoms with Crippen LogP contribution in [0, 0.1) is 0 Å². The van der Waals surface area contributed by atoms with Crippen LogP contribution in [0.3, 0.4) is 0 Å². The number of aromatic hydroxyl groups is 1. The summed E-state index contributed by atoms with van der Waals surface area (Å²) in [5, 5.41) is 9.13. The molecule has 0 bridgehead atoms. The molecule has 2 rings (SSSR count). The molecule has 0 heterocycles. The first-order valence-electron chi connectivity index (χ1n) is 7.34. The van der Waals surface area contributed by atoms with Crippen LogP contribution in [-0.2, 0) is 16.0 Å². The summed E-state index contributed by atoms with van der Waals surface area (Å²) in [6, 6.07) is 13.5. The van der Waals surface area contributed by atoms with Gasteiger partial charge < -0.3 is 9.84 Å². The molecule has 0 amide bonds. The summed E-state index contributed by atoms with van der Waals surface area (Å²) in [7, 11) is 0. The second-order valence-electron chi connectivity index (χ2n) is 5.36. The Morgan fingerprint density at radius 1 is 1.21 bits per heavy atom. The number of halogens is 1. The van der Waals surface area contributed by atoms with Crippen molar-refractivity contribution in [2.24, 2.45) is 0 Å². The largest absolute Gasteiger partial charge is 0.507 e. The van der Waals surface area contributed by atoms with Gasteiger partial charge in [0.25, 0.3) is 0 Å². The fourth-order valence-corrected chi connectivity index (χ4v) is 2.28. The third-order valence-electron chi connectivity index (χ3n) is 3.52. The van der Waals surface area contributed by atoms with E-state index in [9.17, 15) is 14.7 Å². The minimum atomic E-state index is -0.605. The van der Waals surface area contributed by atoms with Crippen molar-refractivity contribution in [3.05, 3.63) is 77.4 Å². The Morgan fingerprint density at radius 2 is 1.92 bits per heavy atom. The second kappa shape index (κ2) is 7.79. The third kappa shape index (κ3) is 4.46. The van der Waals surface area contributed by atoms with Crippen LogP contribution >= 0.6 is 11.6 Å². The van der Waals surface area contributed by atoms with E-state index in [0.717, 1.165) is 11.1 Å². The summed E-state index contributed by atoms with van der Waals surface area (Å²) in [6.07, 6.45) is -0.187. The number of phenolic OH excluding ortho intramolecular Hbond substituents is 1. The number of esters is 1. The molecule has 0 saturated carbocycles. The summed E-state index contributed by atoms with van der Waals surface area (Å²) >= 11 is 5.40. The quantitative estimate of drug-likeness (QED) is 0.485. The van der Waals surface area contributed by atoms with Crippen LogP contribution < -0.4 is 0 Å². The monoisotopic (exact) mass is 344 g/mol. The second-order valence-corrected chi connectivity index (χ2v) is 5.71. The highest BCUT2D eigenvalue weighted by molar-refractivity contribution is 6.67. The smallest absolute Gasteiger partial charge is 0.342 e. The topological polar surface area (TPSA) is 63.6 Å². The molecule has 0 aliphatic carbocycles. The van der Waals surface area contributed by atoms with Gasteiger partial charge in [-0.05, 0) is 41.8 Å². The minimum Gasteiger partial charge on any atom is -0.507 e. The van der Waals surface area contributed by atoms with Crippen LogP contribution in [0.1, 0.15) is 34.5 Å². The van der Waals surface area contributed by atoms with Crippen molar-refractivity contribution in [2.75, 3.05) is 0 Å². The molecular weight excluding hydrogens is 328 g/mol. The van der Waals surface area contributed by atoms with Crippen LogP contribution in [0.2, 0.25) is 0 Å². The first-order chi connectivity index (χ1) is 11.4. The molecule has 124 valence electrons. The molecule has 1 unspecified atom stereocenters. The van der Waals surface area contributed by atoms with Crippen molar-refractivity contribution in [1.29, 1.82) is 0 Å². The van der Waals surface area contributed by atoms with Gasteiger partial charge in [-0.15, -0.1) is 0 Å². The molecule has 0 fully saturated rings. The maximum absolute atomic E-state index is 12.1. The van der Waals surface area contributed by atoms with Crippen molar-refractivity contribution in [2.45, 2.75) is 19.4 Å². The van der Waals surface area contributed by atoms with Crippen LogP contribution in [0.4, 0.5) is 0 Å². The first-order valence-corrected chi connectivity index (χ1v) is 7.71. The molecule has 2 aromatic carbocycles. The van der Waals surface area contributed by atoms with E-state index in [1.807, 2.05) is 18.2 Å². The zero-order valence-electron chi connectivity index (χ0n) is 13.2.